The molecule has 0 aliphatic heterocycles. The predicted octanol–water partition coefficient (Wildman–Crippen LogP) is 0.363. The maximum Gasteiger partial charge on any atom is 0.308 e. The third-order valence-corrected chi connectivity index (χ3v) is 2.44. The van der Waals surface area contributed by atoms with Gasteiger partial charge in [-0.25, -0.2) is 0 Å². The highest BCUT2D eigenvalue weighted by Gasteiger charge is 2.21. The summed E-state index contributed by atoms with van der Waals surface area (Å²) >= 11 is 0. The highest BCUT2D eigenvalue weighted by atomic mass is 16.5. The smallest absolute Gasteiger partial charge is 0.308 e. The number of ketones is 1. The number of ether oxygens (including phenoxy) is 1. The molecular formula is C13H18N2O3. The Bertz CT molecular complexity index is 404. The number of Topliss-reactive ketones (excluding diaryl/α,β-unsaturated/α-hetero) is 1. The zero-order valence-electron chi connectivity index (χ0n) is 10.3. The first-order valence-electron chi connectivity index (χ1n) is 5.75. The molecular weight excluding hydrogens is 232 g/mol. The standard InChI is InChI=1S/C13H18N2O3/c1-9(14)13(17)11(15)7-12(16)18-8-10-5-3-2-4-6-10/h2-6,9,11H,7-8,14-15H2,1H3/t9-,11?/m0/s1. The van der Waals surface area contributed by atoms with Crippen molar-refractivity contribution in [3.05, 3.63) is 35.9 Å². The highest BCUT2D eigenvalue weighted by Crippen LogP contribution is 2.03. The molecule has 2 atom stereocenters. The Kier molecular flexibility index (Phi) is 5.48. The SMILES string of the molecule is C[C@H](N)C(=O)C(N)CC(=O)OCc1ccccc1. The van der Waals surface area contributed by atoms with Crippen LogP contribution in [0.3, 0.4) is 0 Å². The maximum atomic E-state index is 11.5. The number of nitrogens with two attached hydrogens (primary N) is 2. The van der Waals surface area contributed by atoms with Gasteiger partial charge in [-0.15, -0.1) is 0 Å². The fraction of sp³-hybridized carbons (Fsp3) is 0.385. The van der Waals surface area contributed by atoms with Crippen molar-refractivity contribution < 1.29 is 14.3 Å². The Hall–Kier alpha value is -1.72. The van der Waals surface area contributed by atoms with Gasteiger partial charge >= 0.3 is 5.97 Å². The van der Waals surface area contributed by atoms with Gasteiger partial charge in [0.05, 0.1) is 18.5 Å². The lowest BCUT2D eigenvalue weighted by atomic mass is 10.1. The summed E-state index contributed by atoms with van der Waals surface area (Å²) in [5.41, 5.74) is 11.8. The van der Waals surface area contributed by atoms with Crippen LogP contribution in [0.15, 0.2) is 30.3 Å². The molecule has 98 valence electrons. The van der Waals surface area contributed by atoms with E-state index < -0.39 is 18.1 Å². The van der Waals surface area contributed by atoms with Gasteiger partial charge in [0.2, 0.25) is 0 Å². The molecule has 0 saturated carbocycles. The molecule has 0 spiro atoms. The minimum Gasteiger partial charge on any atom is -0.461 e. The van der Waals surface area contributed by atoms with Gasteiger partial charge in [-0.2, -0.15) is 0 Å². The molecule has 0 radical (unpaired) electrons. The van der Waals surface area contributed by atoms with E-state index >= 15 is 0 Å². The number of rotatable bonds is 6. The van der Waals surface area contributed by atoms with Gasteiger partial charge < -0.3 is 16.2 Å². The van der Waals surface area contributed by atoms with Gasteiger partial charge in [-0.1, -0.05) is 30.3 Å². The molecule has 18 heavy (non-hydrogen) atoms. The topological polar surface area (TPSA) is 95.4 Å². The maximum absolute atomic E-state index is 11.5. The summed E-state index contributed by atoms with van der Waals surface area (Å²) in [6.07, 6.45) is -0.146. The summed E-state index contributed by atoms with van der Waals surface area (Å²) in [5.74, 6) is -0.841. The molecule has 0 amide bonds. The van der Waals surface area contributed by atoms with Gasteiger partial charge in [-0.05, 0) is 12.5 Å². The lowest BCUT2D eigenvalue weighted by Crippen LogP contribution is -2.42. The predicted molar refractivity (Wildman–Crippen MR) is 67.5 cm³/mol. The quantitative estimate of drug-likeness (QED) is 0.711. The Balaban J connectivity index is 2.36. The van der Waals surface area contributed by atoms with Gasteiger partial charge in [0.1, 0.15) is 6.61 Å². The molecule has 0 aromatic heterocycles. The van der Waals surface area contributed by atoms with E-state index in [9.17, 15) is 9.59 Å². The summed E-state index contributed by atoms with van der Waals surface area (Å²) in [6, 6.07) is 7.72. The van der Waals surface area contributed by atoms with E-state index in [-0.39, 0.29) is 18.8 Å². The largest absolute Gasteiger partial charge is 0.461 e. The number of esters is 1. The Labute approximate surface area is 106 Å². The molecule has 0 aliphatic carbocycles. The summed E-state index contributed by atoms with van der Waals surface area (Å²) < 4.78 is 5.02. The molecule has 5 heteroatoms. The minimum atomic E-state index is -0.895. The molecule has 0 heterocycles. The zero-order chi connectivity index (χ0) is 13.5. The summed E-state index contributed by atoms with van der Waals surface area (Å²) in [4.78, 5) is 22.9. The van der Waals surface area contributed by atoms with E-state index in [1.165, 1.54) is 6.92 Å². The third-order valence-electron chi connectivity index (χ3n) is 2.44. The van der Waals surface area contributed by atoms with Crippen molar-refractivity contribution in [2.45, 2.75) is 32.0 Å². The second-order valence-electron chi connectivity index (χ2n) is 4.15. The van der Waals surface area contributed by atoms with E-state index in [4.69, 9.17) is 16.2 Å². The molecule has 1 unspecified atom stereocenters. The average molecular weight is 250 g/mol. The first-order valence-corrected chi connectivity index (χ1v) is 5.75. The monoisotopic (exact) mass is 250 g/mol. The molecule has 4 N–H and O–H groups in total. The van der Waals surface area contributed by atoms with Gasteiger partial charge in [0, 0.05) is 0 Å². The van der Waals surface area contributed by atoms with Crippen LogP contribution in [0.5, 0.6) is 0 Å². The lowest BCUT2D eigenvalue weighted by Gasteiger charge is -2.12. The van der Waals surface area contributed by atoms with E-state index in [2.05, 4.69) is 0 Å². The van der Waals surface area contributed by atoms with Crippen molar-refractivity contribution in [3.63, 3.8) is 0 Å². The Morgan fingerprint density at radius 1 is 1.22 bits per heavy atom. The van der Waals surface area contributed by atoms with Crippen molar-refractivity contribution in [2.75, 3.05) is 0 Å². The second kappa shape index (κ2) is 6.88. The number of carbonyl (C=O) groups is 2. The summed E-state index contributed by atoms with van der Waals surface area (Å²) in [6.45, 7) is 1.72. The van der Waals surface area contributed by atoms with E-state index in [0.29, 0.717) is 0 Å². The van der Waals surface area contributed by atoms with Crippen LogP contribution in [0.25, 0.3) is 0 Å². The van der Waals surface area contributed by atoms with Crippen molar-refractivity contribution in [1.82, 2.24) is 0 Å². The third kappa shape index (κ3) is 4.65. The van der Waals surface area contributed by atoms with Crippen LogP contribution < -0.4 is 11.5 Å². The Morgan fingerprint density at radius 3 is 2.39 bits per heavy atom. The number of hydrogen-bond acceptors (Lipinski definition) is 5. The van der Waals surface area contributed by atoms with Crippen LogP contribution in [0.4, 0.5) is 0 Å². The first kappa shape index (κ1) is 14.3. The zero-order valence-corrected chi connectivity index (χ0v) is 10.3. The average Bonchev–Trinajstić information content (AvgIpc) is 2.36. The molecule has 1 aromatic carbocycles. The van der Waals surface area contributed by atoms with Crippen LogP contribution in [-0.4, -0.2) is 23.8 Å². The lowest BCUT2D eigenvalue weighted by molar-refractivity contribution is -0.146. The van der Waals surface area contributed by atoms with Crippen LogP contribution in [0, 0.1) is 0 Å². The fourth-order valence-electron chi connectivity index (χ4n) is 1.41. The summed E-state index contributed by atoms with van der Waals surface area (Å²) in [7, 11) is 0. The van der Waals surface area contributed by atoms with Gasteiger partial charge in [-0.3, -0.25) is 9.59 Å². The minimum absolute atomic E-state index is 0.146. The molecule has 0 fully saturated rings. The number of carbonyl (C=O) groups excluding carboxylic acids is 2. The van der Waals surface area contributed by atoms with Crippen molar-refractivity contribution >= 4 is 11.8 Å². The first-order chi connectivity index (χ1) is 8.50. The van der Waals surface area contributed by atoms with Crippen molar-refractivity contribution in [1.29, 1.82) is 0 Å². The second-order valence-corrected chi connectivity index (χ2v) is 4.15. The fourth-order valence-corrected chi connectivity index (χ4v) is 1.41. The number of hydrogen-bond donors (Lipinski definition) is 2. The normalized spacial score (nSPS) is 13.7. The van der Waals surface area contributed by atoms with Gasteiger partial charge in [0.25, 0.3) is 0 Å². The molecule has 0 saturated heterocycles. The van der Waals surface area contributed by atoms with Crippen LogP contribution in [0.1, 0.15) is 18.9 Å². The highest BCUT2D eigenvalue weighted by molar-refractivity contribution is 5.91. The van der Waals surface area contributed by atoms with Crippen LogP contribution in [-0.2, 0) is 20.9 Å². The Morgan fingerprint density at radius 2 is 1.83 bits per heavy atom. The molecule has 0 aliphatic rings. The van der Waals surface area contributed by atoms with E-state index in [0.717, 1.165) is 5.56 Å². The molecule has 5 nitrogen and oxygen atoms in total. The van der Waals surface area contributed by atoms with Crippen LogP contribution >= 0.6 is 0 Å². The molecule has 1 rings (SSSR count). The van der Waals surface area contributed by atoms with Crippen molar-refractivity contribution in [3.8, 4) is 0 Å². The molecule has 1 aromatic rings. The van der Waals surface area contributed by atoms with E-state index in [1.807, 2.05) is 30.3 Å². The van der Waals surface area contributed by atoms with E-state index in [1.54, 1.807) is 0 Å². The summed E-state index contributed by atoms with van der Waals surface area (Å²) in [5, 5.41) is 0. The van der Waals surface area contributed by atoms with Crippen LogP contribution in [0.2, 0.25) is 0 Å². The van der Waals surface area contributed by atoms with Gasteiger partial charge in [0.15, 0.2) is 5.78 Å². The number of benzene rings is 1. The van der Waals surface area contributed by atoms with Crippen molar-refractivity contribution in [2.24, 2.45) is 11.5 Å². The molecule has 0 bridgehead atoms.